The minimum Gasteiger partial charge on any atom is -0.503 e. The zero-order valence-corrected chi connectivity index (χ0v) is 20.6. The van der Waals surface area contributed by atoms with Crippen LogP contribution in [0.1, 0.15) is 39.5 Å². The van der Waals surface area contributed by atoms with Crippen LogP contribution in [0.5, 0.6) is 0 Å². The second-order valence-corrected chi connectivity index (χ2v) is 8.91. The zero-order chi connectivity index (χ0) is 26.7. The molecule has 1 aliphatic rings. The lowest BCUT2D eigenvalue weighted by molar-refractivity contribution is -0.384. The summed E-state index contributed by atoms with van der Waals surface area (Å²) in [5.74, 6) is -3.00. The number of ketones is 1. The summed E-state index contributed by atoms with van der Waals surface area (Å²) in [5, 5.41) is 22.3. The van der Waals surface area contributed by atoms with Crippen LogP contribution in [0.2, 0.25) is 0 Å². The van der Waals surface area contributed by atoms with Gasteiger partial charge in [-0.1, -0.05) is 59.9 Å². The number of ether oxygens (including phenoxy) is 1. The Balaban J connectivity index is 1.82. The van der Waals surface area contributed by atoms with Gasteiger partial charge in [0.15, 0.2) is 16.7 Å². The first-order chi connectivity index (χ1) is 17.7. The van der Waals surface area contributed by atoms with Gasteiger partial charge in [-0.3, -0.25) is 24.6 Å². The Kier molecular flexibility index (Phi) is 7.25. The second-order valence-electron chi connectivity index (χ2n) is 7.93. The van der Waals surface area contributed by atoms with E-state index in [0.29, 0.717) is 5.69 Å². The number of carbonyl (C=O) groups excluding carboxylic acids is 3. The first-order valence-electron chi connectivity index (χ1n) is 11.2. The molecular weight excluding hydrogens is 498 g/mol. The number of benzene rings is 2. The van der Waals surface area contributed by atoms with Crippen molar-refractivity contribution in [1.82, 2.24) is 4.98 Å². The average Bonchev–Trinajstić information content (AvgIpc) is 3.40. The molecule has 1 aromatic heterocycles. The summed E-state index contributed by atoms with van der Waals surface area (Å²) in [6.07, 6.45) is 2.76. The summed E-state index contributed by atoms with van der Waals surface area (Å²) in [7, 11) is 0. The molecule has 0 radical (unpaired) electrons. The highest BCUT2D eigenvalue weighted by Crippen LogP contribution is 2.43. The first kappa shape index (κ1) is 25.5. The van der Waals surface area contributed by atoms with Gasteiger partial charge in [-0.2, -0.15) is 0 Å². The smallest absolute Gasteiger partial charge is 0.350 e. The molecule has 0 bridgehead atoms. The SMILES string of the molecule is CCOC(=O)c1sc(N2C(=O)C(O)=C(C(=O)C=Cc3ccccc3)C2c2cccc([N+](=O)[O-])c2)nc1C. The largest absolute Gasteiger partial charge is 0.503 e. The van der Waals surface area contributed by atoms with E-state index in [1.807, 2.05) is 6.07 Å². The minimum absolute atomic E-state index is 0.0310. The van der Waals surface area contributed by atoms with Crippen molar-refractivity contribution in [3.8, 4) is 0 Å². The number of thiazole rings is 1. The van der Waals surface area contributed by atoms with E-state index in [4.69, 9.17) is 4.74 Å². The molecule has 0 fully saturated rings. The molecule has 10 nitrogen and oxygen atoms in total. The van der Waals surface area contributed by atoms with Crippen LogP contribution in [0.4, 0.5) is 10.8 Å². The van der Waals surface area contributed by atoms with Crippen molar-refractivity contribution in [3.63, 3.8) is 0 Å². The number of allylic oxidation sites excluding steroid dienone is 1. The number of nitro groups is 1. The predicted molar refractivity (Wildman–Crippen MR) is 136 cm³/mol. The van der Waals surface area contributed by atoms with Gasteiger partial charge in [-0.25, -0.2) is 9.78 Å². The number of carbonyl (C=O) groups is 3. The third-order valence-electron chi connectivity index (χ3n) is 5.55. The number of anilines is 1. The molecule has 2 heterocycles. The second kappa shape index (κ2) is 10.5. The van der Waals surface area contributed by atoms with E-state index in [1.54, 1.807) is 38.1 Å². The van der Waals surface area contributed by atoms with E-state index in [-0.39, 0.29) is 33.4 Å². The maximum atomic E-state index is 13.3. The molecule has 1 unspecified atom stereocenters. The van der Waals surface area contributed by atoms with E-state index >= 15 is 0 Å². The fraction of sp³-hybridized carbons (Fsp3) is 0.154. The van der Waals surface area contributed by atoms with Crippen LogP contribution in [-0.2, 0) is 14.3 Å². The third-order valence-corrected chi connectivity index (χ3v) is 6.69. The number of non-ortho nitro benzene ring substituents is 1. The van der Waals surface area contributed by atoms with Crippen LogP contribution in [0, 0.1) is 17.0 Å². The van der Waals surface area contributed by atoms with Gasteiger partial charge >= 0.3 is 5.97 Å². The molecule has 0 saturated heterocycles. The van der Waals surface area contributed by atoms with Gasteiger partial charge in [0.2, 0.25) is 0 Å². The number of nitro benzene ring substituents is 1. The highest BCUT2D eigenvalue weighted by atomic mass is 32.1. The molecule has 0 aliphatic carbocycles. The molecule has 1 N–H and O–H groups in total. The molecule has 11 heteroatoms. The van der Waals surface area contributed by atoms with Crippen molar-refractivity contribution in [2.75, 3.05) is 11.5 Å². The number of hydrogen-bond donors (Lipinski definition) is 1. The van der Waals surface area contributed by atoms with Gasteiger partial charge < -0.3 is 9.84 Å². The maximum absolute atomic E-state index is 13.3. The molecule has 0 saturated carbocycles. The van der Waals surface area contributed by atoms with Crippen molar-refractivity contribution >= 4 is 45.9 Å². The number of amides is 1. The number of esters is 1. The summed E-state index contributed by atoms with van der Waals surface area (Å²) < 4.78 is 5.05. The quantitative estimate of drug-likeness (QED) is 0.195. The van der Waals surface area contributed by atoms with Crippen molar-refractivity contribution < 1.29 is 29.2 Å². The van der Waals surface area contributed by atoms with Gasteiger partial charge in [0.05, 0.1) is 28.8 Å². The molecular formula is C26H21N3O7S. The van der Waals surface area contributed by atoms with Crippen molar-refractivity contribution in [1.29, 1.82) is 0 Å². The van der Waals surface area contributed by atoms with Gasteiger partial charge in [0.25, 0.3) is 11.6 Å². The van der Waals surface area contributed by atoms with E-state index < -0.39 is 34.4 Å². The topological polar surface area (TPSA) is 140 Å². The minimum atomic E-state index is -1.22. The highest BCUT2D eigenvalue weighted by molar-refractivity contribution is 7.17. The van der Waals surface area contributed by atoms with Crippen molar-refractivity contribution in [2.24, 2.45) is 0 Å². The molecule has 1 amide bonds. The van der Waals surface area contributed by atoms with Crippen LogP contribution in [0.25, 0.3) is 6.08 Å². The molecule has 1 aliphatic heterocycles. The van der Waals surface area contributed by atoms with E-state index in [9.17, 15) is 29.6 Å². The first-order valence-corrected chi connectivity index (χ1v) is 12.0. The average molecular weight is 520 g/mol. The van der Waals surface area contributed by atoms with Gasteiger partial charge in [0, 0.05) is 12.1 Å². The van der Waals surface area contributed by atoms with Crippen LogP contribution in [0.3, 0.4) is 0 Å². The number of aryl methyl sites for hydroxylation is 1. The third kappa shape index (κ3) is 5.02. The zero-order valence-electron chi connectivity index (χ0n) is 19.8. The van der Waals surface area contributed by atoms with E-state index in [2.05, 4.69) is 4.98 Å². The highest BCUT2D eigenvalue weighted by Gasteiger charge is 2.45. The number of hydrogen-bond acceptors (Lipinski definition) is 9. The Morgan fingerprint density at radius 3 is 2.62 bits per heavy atom. The monoisotopic (exact) mass is 519 g/mol. The lowest BCUT2D eigenvalue weighted by atomic mass is 9.95. The summed E-state index contributed by atoms with van der Waals surface area (Å²) in [5.41, 5.74) is 0.716. The number of nitrogens with zero attached hydrogens (tertiary/aromatic N) is 3. The normalized spacial score (nSPS) is 15.5. The number of aliphatic hydroxyl groups excluding tert-OH is 1. The van der Waals surface area contributed by atoms with Crippen molar-refractivity contribution in [2.45, 2.75) is 19.9 Å². The molecule has 0 spiro atoms. The standard InChI is InChI=1S/C26H21N3O7S/c1-3-36-25(33)23-15(2)27-26(37-23)28-21(17-10-7-11-18(14-17)29(34)35)20(22(31)24(28)32)19(30)13-12-16-8-5-4-6-9-16/h4-14,21,31H,3H2,1-2H3. The number of aromatic nitrogens is 1. The molecule has 1 atom stereocenters. The van der Waals surface area contributed by atoms with Gasteiger partial charge in [-0.05, 0) is 31.1 Å². The molecule has 3 aromatic rings. The van der Waals surface area contributed by atoms with Crippen LogP contribution >= 0.6 is 11.3 Å². The summed E-state index contributed by atoms with van der Waals surface area (Å²) >= 11 is 0.862. The van der Waals surface area contributed by atoms with Crippen LogP contribution in [0.15, 0.2) is 72.0 Å². The Bertz CT molecular complexity index is 1460. The molecule has 2 aromatic carbocycles. The fourth-order valence-corrected chi connectivity index (χ4v) is 4.86. The van der Waals surface area contributed by atoms with Crippen molar-refractivity contribution in [3.05, 3.63) is 104 Å². The van der Waals surface area contributed by atoms with Gasteiger partial charge in [-0.15, -0.1) is 0 Å². The van der Waals surface area contributed by atoms with Gasteiger partial charge in [0.1, 0.15) is 4.88 Å². The summed E-state index contributed by atoms with van der Waals surface area (Å²) in [4.78, 5) is 55.3. The van der Waals surface area contributed by atoms with E-state index in [1.165, 1.54) is 36.4 Å². The Hall–Kier alpha value is -4.64. The lowest BCUT2D eigenvalue weighted by Crippen LogP contribution is -2.30. The van der Waals surface area contributed by atoms with E-state index in [0.717, 1.165) is 21.8 Å². The van der Waals surface area contributed by atoms with Crippen LogP contribution < -0.4 is 4.90 Å². The number of rotatable bonds is 8. The Labute approximate surface area is 215 Å². The fourth-order valence-electron chi connectivity index (χ4n) is 3.88. The maximum Gasteiger partial charge on any atom is 0.350 e. The summed E-state index contributed by atoms with van der Waals surface area (Å²) in [6, 6.07) is 13.2. The molecule has 4 rings (SSSR count). The summed E-state index contributed by atoms with van der Waals surface area (Å²) in [6.45, 7) is 3.36. The lowest BCUT2D eigenvalue weighted by Gasteiger charge is -2.24. The van der Waals surface area contributed by atoms with Crippen LogP contribution in [-0.4, -0.2) is 39.3 Å². The molecule has 188 valence electrons. The number of aliphatic hydroxyl groups is 1. The Morgan fingerprint density at radius 1 is 1.22 bits per heavy atom. The Morgan fingerprint density at radius 2 is 1.95 bits per heavy atom. The molecule has 37 heavy (non-hydrogen) atoms. The predicted octanol–water partition coefficient (Wildman–Crippen LogP) is 4.72.